The van der Waals surface area contributed by atoms with Crippen molar-refractivity contribution in [2.24, 2.45) is 7.05 Å². The Morgan fingerprint density at radius 3 is 2.58 bits per heavy atom. The van der Waals surface area contributed by atoms with Crippen molar-refractivity contribution in [1.29, 1.82) is 0 Å². The molecule has 3 aromatic rings. The van der Waals surface area contributed by atoms with Gasteiger partial charge in [-0.25, -0.2) is 4.39 Å². The van der Waals surface area contributed by atoms with Gasteiger partial charge < -0.3 is 14.2 Å². The number of hydrogen-bond acceptors (Lipinski definition) is 5. The quantitative estimate of drug-likeness (QED) is 0.431. The lowest BCUT2D eigenvalue weighted by Crippen LogP contribution is -2.42. The smallest absolute Gasteiger partial charge is 0.233 e. The monoisotopic (exact) mass is 468 g/mol. The van der Waals surface area contributed by atoms with Gasteiger partial charge in [-0.3, -0.25) is 4.79 Å². The van der Waals surface area contributed by atoms with Crippen LogP contribution in [-0.2, 0) is 18.4 Å². The summed E-state index contributed by atoms with van der Waals surface area (Å²) in [5.74, 6) is 1.49. The highest BCUT2D eigenvalue weighted by atomic mass is 32.2. The van der Waals surface area contributed by atoms with E-state index in [1.54, 1.807) is 19.2 Å². The first-order valence-corrected chi connectivity index (χ1v) is 12.2. The van der Waals surface area contributed by atoms with Crippen molar-refractivity contribution >= 4 is 17.7 Å². The first-order chi connectivity index (χ1) is 16.1. The van der Waals surface area contributed by atoms with Crippen molar-refractivity contribution in [2.75, 3.05) is 12.9 Å². The number of benzene rings is 2. The lowest BCUT2D eigenvalue weighted by molar-refractivity contribution is -0.132. The Kier molecular flexibility index (Phi) is 7.65. The van der Waals surface area contributed by atoms with Crippen LogP contribution in [0.3, 0.4) is 0 Å². The molecule has 0 spiro atoms. The van der Waals surface area contributed by atoms with Gasteiger partial charge in [0.05, 0.1) is 18.4 Å². The third-order valence-electron chi connectivity index (χ3n) is 6.11. The van der Waals surface area contributed by atoms with Crippen molar-refractivity contribution in [3.63, 3.8) is 0 Å². The fraction of sp³-hybridized carbons (Fsp3) is 0.400. The van der Waals surface area contributed by atoms with Crippen LogP contribution in [0, 0.1) is 5.82 Å². The van der Waals surface area contributed by atoms with Gasteiger partial charge in [-0.1, -0.05) is 55.3 Å². The summed E-state index contributed by atoms with van der Waals surface area (Å²) in [5, 5.41) is 9.32. The second-order valence-corrected chi connectivity index (χ2v) is 9.24. The van der Waals surface area contributed by atoms with Crippen molar-refractivity contribution in [1.82, 2.24) is 19.7 Å². The van der Waals surface area contributed by atoms with Gasteiger partial charge in [-0.2, -0.15) is 0 Å². The number of methoxy groups -OCH3 is 1. The molecule has 0 bridgehead atoms. The second kappa shape index (κ2) is 10.8. The standard InChI is InChI=1S/C25H29FN4O2S/c1-29-24(21-10-6-7-11-22(21)32-2)27-28-25(29)33-17-23(31)30(20-8-4-3-5-9-20)16-18-12-14-19(26)15-13-18/h6-7,10-15,20H,3-5,8-9,16-17H2,1-2H3. The van der Waals surface area contributed by atoms with Crippen LogP contribution in [0.2, 0.25) is 0 Å². The van der Waals surface area contributed by atoms with E-state index in [9.17, 15) is 9.18 Å². The maximum Gasteiger partial charge on any atom is 0.233 e. The summed E-state index contributed by atoms with van der Waals surface area (Å²) in [6.07, 6.45) is 5.51. The minimum absolute atomic E-state index is 0.0677. The molecule has 0 radical (unpaired) electrons. The van der Waals surface area contributed by atoms with Crippen LogP contribution in [0.4, 0.5) is 4.39 Å². The minimum Gasteiger partial charge on any atom is -0.496 e. The van der Waals surface area contributed by atoms with Gasteiger partial charge in [-0.15, -0.1) is 10.2 Å². The van der Waals surface area contributed by atoms with Gasteiger partial charge in [0.15, 0.2) is 11.0 Å². The summed E-state index contributed by atoms with van der Waals surface area (Å²) in [5.41, 5.74) is 1.80. The highest BCUT2D eigenvalue weighted by molar-refractivity contribution is 7.99. The van der Waals surface area contributed by atoms with Crippen LogP contribution < -0.4 is 4.74 Å². The molecule has 1 saturated carbocycles. The van der Waals surface area contributed by atoms with Crippen molar-refractivity contribution in [3.05, 3.63) is 59.9 Å². The SMILES string of the molecule is COc1ccccc1-c1nnc(SCC(=O)N(Cc2ccc(F)cc2)C2CCCCC2)n1C. The number of para-hydroxylation sites is 1. The number of amides is 1. The number of halogens is 1. The third kappa shape index (κ3) is 5.55. The molecule has 0 N–H and O–H groups in total. The van der Waals surface area contributed by atoms with Crippen LogP contribution in [0.15, 0.2) is 53.7 Å². The molecular weight excluding hydrogens is 439 g/mol. The Balaban J connectivity index is 1.48. The molecule has 33 heavy (non-hydrogen) atoms. The molecule has 0 unspecified atom stereocenters. The number of hydrogen-bond donors (Lipinski definition) is 0. The van der Waals surface area contributed by atoms with E-state index in [2.05, 4.69) is 10.2 Å². The van der Waals surface area contributed by atoms with Gasteiger partial charge in [0.2, 0.25) is 5.91 Å². The van der Waals surface area contributed by atoms with Crippen LogP contribution in [-0.4, -0.2) is 44.5 Å². The predicted octanol–water partition coefficient (Wildman–Crippen LogP) is 5.08. The number of nitrogens with zero attached hydrogens (tertiary/aromatic N) is 4. The molecule has 8 heteroatoms. The lowest BCUT2D eigenvalue weighted by atomic mass is 9.94. The van der Waals surface area contributed by atoms with Crippen LogP contribution in [0.5, 0.6) is 5.75 Å². The summed E-state index contributed by atoms with van der Waals surface area (Å²) in [4.78, 5) is 15.3. The average Bonchev–Trinajstić information content (AvgIpc) is 3.22. The van der Waals surface area contributed by atoms with Crippen LogP contribution in [0.1, 0.15) is 37.7 Å². The summed E-state index contributed by atoms with van der Waals surface area (Å²) in [7, 11) is 3.52. The molecule has 1 heterocycles. The number of carbonyl (C=O) groups excluding carboxylic acids is 1. The fourth-order valence-electron chi connectivity index (χ4n) is 4.31. The summed E-state index contributed by atoms with van der Waals surface area (Å²) >= 11 is 1.39. The average molecular weight is 469 g/mol. The third-order valence-corrected chi connectivity index (χ3v) is 7.11. The zero-order valence-electron chi connectivity index (χ0n) is 19.0. The Hall–Kier alpha value is -2.87. The topological polar surface area (TPSA) is 60.3 Å². The Labute approximate surface area is 198 Å². The minimum atomic E-state index is -0.266. The molecular formula is C25H29FN4O2S. The van der Waals surface area contributed by atoms with Gasteiger partial charge in [0, 0.05) is 19.6 Å². The number of ether oxygens (including phenoxy) is 1. The summed E-state index contributed by atoms with van der Waals surface area (Å²) in [6, 6.07) is 14.3. The Morgan fingerprint density at radius 1 is 1.12 bits per heavy atom. The Morgan fingerprint density at radius 2 is 1.85 bits per heavy atom. The summed E-state index contributed by atoms with van der Waals surface area (Å²) in [6.45, 7) is 0.496. The summed E-state index contributed by atoms with van der Waals surface area (Å²) < 4.78 is 20.7. The molecule has 1 aliphatic rings. The van der Waals surface area contributed by atoms with E-state index >= 15 is 0 Å². The first-order valence-electron chi connectivity index (χ1n) is 11.3. The predicted molar refractivity (Wildman–Crippen MR) is 128 cm³/mol. The molecule has 6 nitrogen and oxygen atoms in total. The molecule has 174 valence electrons. The number of carbonyl (C=O) groups is 1. The van der Waals surface area contributed by atoms with E-state index in [0.717, 1.165) is 42.6 Å². The van der Waals surface area contributed by atoms with Crippen LogP contribution in [0.25, 0.3) is 11.4 Å². The van der Waals surface area contributed by atoms with E-state index in [1.807, 2.05) is 40.8 Å². The number of aromatic nitrogens is 3. The van der Waals surface area contributed by atoms with E-state index in [0.29, 0.717) is 17.5 Å². The largest absolute Gasteiger partial charge is 0.496 e. The van der Waals surface area contributed by atoms with E-state index in [1.165, 1.54) is 30.3 Å². The molecule has 1 aliphatic carbocycles. The molecule has 1 aromatic heterocycles. The normalized spacial score (nSPS) is 14.3. The van der Waals surface area contributed by atoms with E-state index in [4.69, 9.17) is 4.74 Å². The van der Waals surface area contributed by atoms with Gasteiger partial charge in [-0.05, 0) is 42.7 Å². The lowest BCUT2D eigenvalue weighted by Gasteiger charge is -2.34. The zero-order chi connectivity index (χ0) is 23.2. The van der Waals surface area contributed by atoms with Crippen molar-refractivity contribution < 1.29 is 13.9 Å². The number of rotatable bonds is 8. The Bertz CT molecular complexity index is 1080. The molecule has 1 fully saturated rings. The molecule has 1 amide bonds. The van der Waals surface area contributed by atoms with E-state index < -0.39 is 0 Å². The zero-order valence-corrected chi connectivity index (χ0v) is 19.9. The van der Waals surface area contributed by atoms with Gasteiger partial charge in [0.25, 0.3) is 0 Å². The fourth-order valence-corrected chi connectivity index (χ4v) is 5.11. The molecule has 2 aromatic carbocycles. The first kappa shape index (κ1) is 23.3. The molecule has 0 atom stereocenters. The van der Waals surface area contributed by atoms with Gasteiger partial charge >= 0.3 is 0 Å². The highest BCUT2D eigenvalue weighted by Gasteiger charge is 2.26. The number of thioether (sulfide) groups is 1. The molecule has 0 aliphatic heterocycles. The van der Waals surface area contributed by atoms with Crippen LogP contribution >= 0.6 is 11.8 Å². The molecule has 0 saturated heterocycles. The maximum absolute atomic E-state index is 13.3. The van der Waals surface area contributed by atoms with E-state index in [-0.39, 0.29) is 23.5 Å². The molecule has 4 rings (SSSR count). The maximum atomic E-state index is 13.3. The highest BCUT2D eigenvalue weighted by Crippen LogP contribution is 2.31. The van der Waals surface area contributed by atoms with Crippen molar-refractivity contribution in [3.8, 4) is 17.1 Å². The second-order valence-electron chi connectivity index (χ2n) is 8.29. The van der Waals surface area contributed by atoms with Gasteiger partial charge in [0.1, 0.15) is 11.6 Å². The van der Waals surface area contributed by atoms with Crippen molar-refractivity contribution in [2.45, 2.75) is 49.8 Å².